The molecule has 4 rings (SSSR count). The van der Waals surface area contributed by atoms with Crippen molar-refractivity contribution in [3.8, 4) is 0 Å². The van der Waals surface area contributed by atoms with Crippen molar-refractivity contribution in [2.24, 2.45) is 7.05 Å². The summed E-state index contributed by atoms with van der Waals surface area (Å²) in [5.74, 6) is 0.394. The monoisotopic (exact) mass is 415 g/mol. The SMILES string of the molecule is Cn1c(C(NC(=O)CNc2ccccc2[N+](=O)[O-])c2ccccc2)nc2ccccc21. The fourth-order valence-corrected chi connectivity index (χ4v) is 3.53. The number of hydrogen-bond donors (Lipinski definition) is 2. The molecule has 0 spiro atoms. The van der Waals surface area contributed by atoms with Crippen LogP contribution in [-0.2, 0) is 11.8 Å². The number of hydrogen-bond acceptors (Lipinski definition) is 5. The molecule has 156 valence electrons. The smallest absolute Gasteiger partial charge is 0.292 e. The maximum atomic E-state index is 12.8. The van der Waals surface area contributed by atoms with Crippen LogP contribution >= 0.6 is 0 Å². The second-order valence-electron chi connectivity index (χ2n) is 7.06. The topological polar surface area (TPSA) is 102 Å². The van der Waals surface area contributed by atoms with Gasteiger partial charge in [0, 0.05) is 13.1 Å². The molecular weight excluding hydrogens is 394 g/mol. The summed E-state index contributed by atoms with van der Waals surface area (Å²) in [5.41, 5.74) is 2.91. The molecule has 0 bridgehead atoms. The van der Waals surface area contributed by atoms with Gasteiger partial charge >= 0.3 is 0 Å². The van der Waals surface area contributed by atoms with Gasteiger partial charge in [-0.05, 0) is 23.8 Å². The van der Waals surface area contributed by atoms with Crippen molar-refractivity contribution in [1.29, 1.82) is 0 Å². The fourth-order valence-electron chi connectivity index (χ4n) is 3.53. The predicted molar refractivity (Wildman–Crippen MR) is 119 cm³/mol. The summed E-state index contributed by atoms with van der Waals surface area (Å²) in [7, 11) is 1.92. The van der Waals surface area contributed by atoms with Gasteiger partial charge in [-0.25, -0.2) is 4.98 Å². The number of para-hydroxylation sites is 4. The van der Waals surface area contributed by atoms with Crippen molar-refractivity contribution in [3.63, 3.8) is 0 Å². The van der Waals surface area contributed by atoms with Gasteiger partial charge in [0.05, 0.1) is 22.5 Å². The van der Waals surface area contributed by atoms with E-state index < -0.39 is 11.0 Å². The van der Waals surface area contributed by atoms with Crippen LogP contribution in [0.2, 0.25) is 0 Å². The standard InChI is InChI=1S/C23H21N5O3/c1-27-19-13-7-6-12-18(19)25-23(27)22(16-9-3-2-4-10-16)26-21(29)15-24-17-11-5-8-14-20(17)28(30)31/h2-14,22,24H,15H2,1H3,(H,26,29). The molecule has 0 aliphatic carbocycles. The molecule has 1 heterocycles. The lowest BCUT2D eigenvalue weighted by Crippen LogP contribution is -2.35. The minimum absolute atomic E-state index is 0.0785. The number of nitro benzene ring substituents is 1. The highest BCUT2D eigenvalue weighted by Crippen LogP contribution is 2.26. The van der Waals surface area contributed by atoms with Crippen LogP contribution in [0.25, 0.3) is 11.0 Å². The van der Waals surface area contributed by atoms with Gasteiger partial charge in [0.15, 0.2) is 0 Å². The van der Waals surface area contributed by atoms with Crippen molar-refractivity contribution in [1.82, 2.24) is 14.9 Å². The number of nitro groups is 1. The maximum Gasteiger partial charge on any atom is 0.292 e. The molecule has 8 heteroatoms. The van der Waals surface area contributed by atoms with Crippen molar-refractivity contribution >= 4 is 28.3 Å². The molecule has 0 fully saturated rings. The molecule has 2 N–H and O–H groups in total. The van der Waals surface area contributed by atoms with Gasteiger partial charge in [-0.1, -0.05) is 54.6 Å². The Kier molecular flexibility index (Phi) is 5.61. The third kappa shape index (κ3) is 4.23. The van der Waals surface area contributed by atoms with Gasteiger partial charge in [-0.3, -0.25) is 14.9 Å². The first-order valence-corrected chi connectivity index (χ1v) is 9.77. The third-order valence-corrected chi connectivity index (χ3v) is 5.06. The summed E-state index contributed by atoms with van der Waals surface area (Å²) < 4.78 is 1.96. The summed E-state index contributed by atoms with van der Waals surface area (Å²) in [4.78, 5) is 28.2. The lowest BCUT2D eigenvalue weighted by molar-refractivity contribution is -0.383. The quantitative estimate of drug-likeness (QED) is 0.353. The molecule has 0 saturated carbocycles. The Bertz CT molecular complexity index is 1240. The first kappa shape index (κ1) is 20.1. The highest BCUT2D eigenvalue weighted by Gasteiger charge is 2.23. The Morgan fingerprint density at radius 2 is 1.71 bits per heavy atom. The molecule has 1 atom stereocenters. The second kappa shape index (κ2) is 8.66. The molecule has 1 unspecified atom stereocenters. The first-order chi connectivity index (χ1) is 15.0. The number of amides is 1. The maximum absolute atomic E-state index is 12.8. The number of carbonyl (C=O) groups excluding carboxylic acids is 1. The third-order valence-electron chi connectivity index (χ3n) is 5.06. The van der Waals surface area contributed by atoms with E-state index in [0.29, 0.717) is 11.5 Å². The summed E-state index contributed by atoms with van der Waals surface area (Å²) in [5, 5.41) is 17.1. The largest absolute Gasteiger partial charge is 0.371 e. The van der Waals surface area contributed by atoms with Gasteiger partial charge < -0.3 is 15.2 Å². The molecule has 4 aromatic rings. The van der Waals surface area contributed by atoms with Crippen LogP contribution in [0.4, 0.5) is 11.4 Å². The summed E-state index contributed by atoms with van der Waals surface area (Å²) in [6, 6.07) is 23.1. The van der Waals surface area contributed by atoms with E-state index in [4.69, 9.17) is 4.98 Å². The Morgan fingerprint density at radius 3 is 2.45 bits per heavy atom. The van der Waals surface area contributed by atoms with Crippen LogP contribution in [0.3, 0.4) is 0 Å². The van der Waals surface area contributed by atoms with E-state index in [1.807, 2.05) is 66.2 Å². The molecule has 1 amide bonds. The van der Waals surface area contributed by atoms with E-state index in [1.165, 1.54) is 6.07 Å². The molecule has 31 heavy (non-hydrogen) atoms. The molecular formula is C23H21N5O3. The number of aryl methyl sites for hydroxylation is 1. The molecule has 8 nitrogen and oxygen atoms in total. The summed E-state index contributed by atoms with van der Waals surface area (Å²) in [6.45, 7) is -0.113. The Morgan fingerprint density at radius 1 is 1.03 bits per heavy atom. The van der Waals surface area contributed by atoms with E-state index in [0.717, 1.165) is 16.6 Å². The van der Waals surface area contributed by atoms with Crippen LogP contribution in [0, 0.1) is 10.1 Å². The van der Waals surface area contributed by atoms with Gasteiger partial charge in [0.2, 0.25) is 5.91 Å². The van der Waals surface area contributed by atoms with E-state index in [1.54, 1.807) is 18.2 Å². The van der Waals surface area contributed by atoms with Gasteiger partial charge in [-0.2, -0.15) is 0 Å². The van der Waals surface area contributed by atoms with Crippen LogP contribution in [0.15, 0.2) is 78.9 Å². The molecule has 0 radical (unpaired) electrons. The van der Waals surface area contributed by atoms with Crippen molar-refractivity contribution in [2.75, 3.05) is 11.9 Å². The normalized spacial score (nSPS) is 11.8. The highest BCUT2D eigenvalue weighted by atomic mass is 16.6. The second-order valence-corrected chi connectivity index (χ2v) is 7.06. The number of anilines is 1. The zero-order chi connectivity index (χ0) is 21.8. The summed E-state index contributed by atoms with van der Waals surface area (Å²) >= 11 is 0. The van der Waals surface area contributed by atoms with E-state index in [2.05, 4.69) is 10.6 Å². The number of imidazole rings is 1. The molecule has 1 aromatic heterocycles. The number of carbonyl (C=O) groups is 1. The minimum atomic E-state index is -0.480. The lowest BCUT2D eigenvalue weighted by Gasteiger charge is -2.19. The molecule has 0 aliphatic heterocycles. The van der Waals surface area contributed by atoms with Gasteiger partial charge in [0.25, 0.3) is 5.69 Å². The van der Waals surface area contributed by atoms with Crippen LogP contribution < -0.4 is 10.6 Å². The minimum Gasteiger partial charge on any atom is -0.371 e. The fraction of sp³-hybridized carbons (Fsp3) is 0.130. The van der Waals surface area contributed by atoms with Crippen molar-refractivity contribution in [2.45, 2.75) is 6.04 Å². The molecule has 3 aromatic carbocycles. The lowest BCUT2D eigenvalue weighted by atomic mass is 10.1. The number of benzene rings is 3. The van der Waals surface area contributed by atoms with Crippen molar-refractivity contribution in [3.05, 3.63) is 100 Å². The van der Waals surface area contributed by atoms with Crippen LogP contribution in [0.5, 0.6) is 0 Å². The Labute approximate surface area is 178 Å². The molecule has 0 aliphatic rings. The Hall–Kier alpha value is -4.20. The average molecular weight is 415 g/mol. The van der Waals surface area contributed by atoms with Crippen molar-refractivity contribution < 1.29 is 9.72 Å². The zero-order valence-corrected chi connectivity index (χ0v) is 16.9. The van der Waals surface area contributed by atoms with Crippen LogP contribution in [-0.4, -0.2) is 26.9 Å². The van der Waals surface area contributed by atoms with Gasteiger partial charge in [0.1, 0.15) is 17.6 Å². The zero-order valence-electron chi connectivity index (χ0n) is 16.9. The number of nitrogens with zero attached hydrogens (tertiary/aromatic N) is 3. The predicted octanol–water partition coefficient (Wildman–Crippen LogP) is 3.80. The van der Waals surface area contributed by atoms with Crippen LogP contribution in [0.1, 0.15) is 17.4 Å². The number of rotatable bonds is 7. The average Bonchev–Trinajstić information content (AvgIpc) is 3.13. The number of aromatic nitrogens is 2. The van der Waals surface area contributed by atoms with Gasteiger partial charge in [-0.15, -0.1) is 0 Å². The first-order valence-electron chi connectivity index (χ1n) is 9.77. The highest BCUT2D eigenvalue weighted by molar-refractivity contribution is 5.83. The number of nitrogens with one attached hydrogen (secondary N) is 2. The number of fused-ring (bicyclic) bond motifs is 1. The Balaban J connectivity index is 1.59. The molecule has 0 saturated heterocycles. The van der Waals surface area contributed by atoms with E-state index >= 15 is 0 Å². The van der Waals surface area contributed by atoms with E-state index in [-0.39, 0.29) is 18.1 Å². The van der Waals surface area contributed by atoms with E-state index in [9.17, 15) is 14.9 Å². The summed E-state index contributed by atoms with van der Waals surface area (Å²) in [6.07, 6.45) is 0.